The molecule has 0 saturated carbocycles. The molecule has 3 aromatic rings. The summed E-state index contributed by atoms with van der Waals surface area (Å²) < 4.78 is 117. The third-order valence-electron chi connectivity index (χ3n) is 5.09. The van der Waals surface area contributed by atoms with E-state index in [0.717, 1.165) is 19.8 Å². The Morgan fingerprint density at radius 2 is 1.42 bits per heavy atom. The van der Waals surface area contributed by atoms with Gasteiger partial charge in [0.1, 0.15) is 28.8 Å². The minimum Gasteiger partial charge on any atom is -0.428 e. The molecule has 0 aromatic heterocycles. The van der Waals surface area contributed by atoms with Crippen LogP contribution in [0.2, 0.25) is 0 Å². The average molecular weight is 474 g/mol. The van der Waals surface area contributed by atoms with Gasteiger partial charge in [-0.1, -0.05) is 25.5 Å². The number of unbranched alkanes of at least 4 members (excludes halogenated alkanes) is 1. The van der Waals surface area contributed by atoms with Crippen molar-refractivity contribution in [3.8, 4) is 16.9 Å². The minimum atomic E-state index is -4.73. The second-order valence-corrected chi connectivity index (χ2v) is 7.46. The zero-order valence-electron chi connectivity index (χ0n) is 17.5. The highest BCUT2D eigenvalue weighted by Gasteiger charge is 2.42. The molecule has 9 heteroatoms. The Morgan fingerprint density at radius 1 is 0.788 bits per heavy atom. The first-order valence-corrected chi connectivity index (χ1v) is 9.95. The molecule has 3 aromatic carbocycles. The normalized spacial score (nSPS) is 11.7. The molecular formula is C24H18F8O. The molecule has 0 spiro atoms. The maximum Gasteiger partial charge on any atom is 0.432 e. The van der Waals surface area contributed by atoms with Gasteiger partial charge < -0.3 is 4.74 Å². The van der Waals surface area contributed by atoms with Gasteiger partial charge in [0.25, 0.3) is 0 Å². The third-order valence-corrected chi connectivity index (χ3v) is 5.09. The minimum absolute atomic E-state index is 0.140. The van der Waals surface area contributed by atoms with Gasteiger partial charge in [-0.05, 0) is 49.1 Å². The van der Waals surface area contributed by atoms with E-state index in [-0.39, 0.29) is 17.2 Å². The van der Waals surface area contributed by atoms with Crippen LogP contribution in [-0.4, -0.2) is 0 Å². The topological polar surface area (TPSA) is 9.23 Å². The highest BCUT2D eigenvalue weighted by Crippen LogP contribution is 2.39. The average Bonchev–Trinajstić information content (AvgIpc) is 2.73. The molecular weight excluding hydrogens is 456 g/mol. The summed E-state index contributed by atoms with van der Waals surface area (Å²) in [6.07, 6.45) is -2.43. The Bertz CT molecular complexity index is 1170. The fourth-order valence-corrected chi connectivity index (χ4v) is 3.30. The summed E-state index contributed by atoms with van der Waals surface area (Å²) in [7, 11) is 0. The van der Waals surface area contributed by atoms with Gasteiger partial charge in [-0.25, -0.2) is 26.3 Å². The zero-order valence-corrected chi connectivity index (χ0v) is 17.5. The first-order valence-electron chi connectivity index (χ1n) is 9.95. The van der Waals surface area contributed by atoms with E-state index in [1.165, 1.54) is 12.1 Å². The van der Waals surface area contributed by atoms with Crippen LogP contribution in [0, 0.1) is 41.8 Å². The van der Waals surface area contributed by atoms with Crippen molar-refractivity contribution in [2.24, 2.45) is 0 Å². The predicted octanol–water partition coefficient (Wildman–Crippen LogP) is 7.97. The van der Waals surface area contributed by atoms with Gasteiger partial charge in [0, 0.05) is 17.2 Å². The molecule has 0 bridgehead atoms. The van der Waals surface area contributed by atoms with Crippen LogP contribution in [0.5, 0.6) is 5.75 Å². The fourth-order valence-electron chi connectivity index (χ4n) is 3.30. The van der Waals surface area contributed by atoms with Crippen LogP contribution in [0.1, 0.15) is 36.5 Å². The van der Waals surface area contributed by atoms with E-state index in [4.69, 9.17) is 0 Å². The van der Waals surface area contributed by atoms with Gasteiger partial charge in [0.2, 0.25) is 0 Å². The molecule has 33 heavy (non-hydrogen) atoms. The molecule has 0 radical (unpaired) electrons. The van der Waals surface area contributed by atoms with E-state index < -0.39 is 57.9 Å². The zero-order chi connectivity index (χ0) is 24.5. The van der Waals surface area contributed by atoms with Crippen molar-refractivity contribution in [3.05, 3.63) is 88.0 Å². The van der Waals surface area contributed by atoms with Gasteiger partial charge in [-0.15, -0.1) is 0 Å². The van der Waals surface area contributed by atoms with Crippen molar-refractivity contribution in [1.82, 2.24) is 0 Å². The second kappa shape index (κ2) is 9.41. The smallest absolute Gasteiger partial charge is 0.428 e. The van der Waals surface area contributed by atoms with Crippen LogP contribution in [0.4, 0.5) is 35.1 Å². The molecule has 0 fully saturated rings. The molecule has 0 aliphatic carbocycles. The molecule has 0 aliphatic heterocycles. The lowest BCUT2D eigenvalue weighted by atomic mass is 9.99. The van der Waals surface area contributed by atoms with E-state index in [9.17, 15) is 35.1 Å². The van der Waals surface area contributed by atoms with Gasteiger partial charge in [0.05, 0.1) is 0 Å². The molecule has 0 unspecified atom stereocenters. The summed E-state index contributed by atoms with van der Waals surface area (Å²) in [5.74, 6) is -11.0. The molecule has 0 heterocycles. The summed E-state index contributed by atoms with van der Waals surface area (Å²) in [6, 6.07) is 5.19. The Hall–Kier alpha value is -3.10. The lowest BCUT2D eigenvalue weighted by Crippen LogP contribution is -2.26. The summed E-state index contributed by atoms with van der Waals surface area (Å²) in [4.78, 5) is 0. The SMILES string of the molecule is CCCCc1ccc(-c2cc(F)c(C(F)(F)Oc3cc(F)c(F)c(F)c3C)c(F)c2)c(F)c1. The summed E-state index contributed by atoms with van der Waals surface area (Å²) >= 11 is 0. The Labute approximate surface area is 184 Å². The second-order valence-electron chi connectivity index (χ2n) is 7.46. The highest BCUT2D eigenvalue weighted by atomic mass is 19.3. The highest BCUT2D eigenvalue weighted by molar-refractivity contribution is 5.65. The molecule has 176 valence electrons. The molecule has 0 saturated heterocycles. The summed E-state index contributed by atoms with van der Waals surface area (Å²) in [5.41, 5.74) is -2.54. The Balaban J connectivity index is 1.98. The van der Waals surface area contributed by atoms with Crippen LogP contribution >= 0.6 is 0 Å². The number of halogens is 8. The molecule has 0 aliphatic rings. The monoisotopic (exact) mass is 474 g/mol. The summed E-state index contributed by atoms with van der Waals surface area (Å²) in [5, 5.41) is 0. The van der Waals surface area contributed by atoms with Crippen molar-refractivity contribution in [2.45, 2.75) is 39.2 Å². The van der Waals surface area contributed by atoms with Gasteiger partial charge in [0.15, 0.2) is 17.5 Å². The van der Waals surface area contributed by atoms with Crippen molar-refractivity contribution < 1.29 is 39.9 Å². The van der Waals surface area contributed by atoms with E-state index in [1.807, 2.05) is 6.92 Å². The number of alkyl halides is 2. The molecule has 1 nitrogen and oxygen atoms in total. The van der Waals surface area contributed by atoms with E-state index in [1.54, 1.807) is 6.07 Å². The van der Waals surface area contributed by atoms with Crippen LogP contribution < -0.4 is 4.74 Å². The van der Waals surface area contributed by atoms with Crippen molar-refractivity contribution >= 4 is 0 Å². The number of benzene rings is 3. The standard InChI is InChI=1S/C24H18F8O/c1-3-4-5-13-6-7-15(16(25)8-13)14-9-17(26)21(18(27)10-14)24(31,32)33-20-11-19(28)23(30)22(29)12(20)2/h6-11H,3-5H2,1-2H3. The first kappa shape index (κ1) is 24.5. The lowest BCUT2D eigenvalue weighted by Gasteiger charge is -2.21. The predicted molar refractivity (Wildman–Crippen MR) is 106 cm³/mol. The molecule has 0 atom stereocenters. The number of hydrogen-bond acceptors (Lipinski definition) is 1. The van der Waals surface area contributed by atoms with Crippen LogP contribution in [0.3, 0.4) is 0 Å². The van der Waals surface area contributed by atoms with E-state index >= 15 is 0 Å². The van der Waals surface area contributed by atoms with Gasteiger partial charge >= 0.3 is 6.11 Å². The third kappa shape index (κ3) is 4.96. The van der Waals surface area contributed by atoms with E-state index in [0.29, 0.717) is 24.1 Å². The number of hydrogen-bond donors (Lipinski definition) is 0. The largest absolute Gasteiger partial charge is 0.432 e. The Morgan fingerprint density at radius 3 is 2.00 bits per heavy atom. The molecule has 3 rings (SSSR count). The van der Waals surface area contributed by atoms with Crippen molar-refractivity contribution in [3.63, 3.8) is 0 Å². The van der Waals surface area contributed by atoms with Crippen LogP contribution in [0.25, 0.3) is 11.1 Å². The van der Waals surface area contributed by atoms with Gasteiger partial charge in [-0.2, -0.15) is 8.78 Å². The first-order chi connectivity index (χ1) is 15.5. The number of ether oxygens (including phenoxy) is 1. The molecule has 0 N–H and O–H groups in total. The quantitative estimate of drug-likeness (QED) is 0.249. The lowest BCUT2D eigenvalue weighted by molar-refractivity contribution is -0.190. The maximum atomic E-state index is 14.6. The van der Waals surface area contributed by atoms with Crippen LogP contribution in [0.15, 0.2) is 36.4 Å². The van der Waals surface area contributed by atoms with Crippen molar-refractivity contribution in [2.75, 3.05) is 0 Å². The van der Waals surface area contributed by atoms with E-state index in [2.05, 4.69) is 4.74 Å². The van der Waals surface area contributed by atoms with Gasteiger partial charge in [-0.3, -0.25) is 0 Å². The van der Waals surface area contributed by atoms with Crippen molar-refractivity contribution in [1.29, 1.82) is 0 Å². The summed E-state index contributed by atoms with van der Waals surface area (Å²) in [6.45, 7) is 2.79. The fraction of sp³-hybridized carbons (Fsp3) is 0.250. The van der Waals surface area contributed by atoms with Crippen LogP contribution in [-0.2, 0) is 12.5 Å². The maximum absolute atomic E-state index is 14.6. The number of aryl methyl sites for hydroxylation is 1. The number of rotatable bonds is 7. The Kier molecular flexibility index (Phi) is 7.00. The molecule has 0 amide bonds.